The molecular formula is C28H31N9O2S. The molecular weight excluding hydrogens is 526 g/mol. The lowest BCUT2D eigenvalue weighted by molar-refractivity contribution is -0.125. The van der Waals surface area contributed by atoms with Gasteiger partial charge in [-0.15, -0.1) is 11.3 Å². The number of benzene rings is 1. The lowest BCUT2D eigenvalue weighted by Gasteiger charge is -2.16. The van der Waals surface area contributed by atoms with Crippen LogP contribution in [0.3, 0.4) is 0 Å². The number of aromatic nitrogens is 5. The third-order valence-electron chi connectivity index (χ3n) is 7.43. The van der Waals surface area contributed by atoms with Crippen molar-refractivity contribution in [1.29, 1.82) is 0 Å². The van der Waals surface area contributed by atoms with Crippen LogP contribution in [0.1, 0.15) is 40.5 Å². The molecule has 0 bridgehead atoms. The Morgan fingerprint density at radius 1 is 1.18 bits per heavy atom. The van der Waals surface area contributed by atoms with E-state index in [9.17, 15) is 9.59 Å². The second-order valence-electron chi connectivity index (χ2n) is 10.4. The number of amides is 2. The highest BCUT2D eigenvalue weighted by Gasteiger charge is 2.30. The summed E-state index contributed by atoms with van der Waals surface area (Å²) >= 11 is 1.42. The van der Waals surface area contributed by atoms with Crippen molar-refractivity contribution in [2.75, 3.05) is 37.7 Å². The zero-order valence-corrected chi connectivity index (χ0v) is 23.3. The number of thiazole rings is 1. The highest BCUT2D eigenvalue weighted by molar-refractivity contribution is 7.15. The lowest BCUT2D eigenvalue weighted by Crippen LogP contribution is -2.28. The molecule has 3 aromatic heterocycles. The van der Waals surface area contributed by atoms with Crippen molar-refractivity contribution in [2.45, 2.75) is 38.3 Å². The Balaban J connectivity index is 1.20. The summed E-state index contributed by atoms with van der Waals surface area (Å²) < 4.78 is 1.87. The molecule has 3 N–H and O–H groups in total. The van der Waals surface area contributed by atoms with Gasteiger partial charge in [0.05, 0.1) is 11.4 Å². The molecule has 2 aliphatic rings. The van der Waals surface area contributed by atoms with Crippen LogP contribution in [0.15, 0.2) is 48.9 Å². The normalized spacial score (nSPS) is 17.4. The molecule has 1 aromatic carbocycles. The van der Waals surface area contributed by atoms with Crippen LogP contribution in [-0.2, 0) is 4.79 Å². The van der Waals surface area contributed by atoms with Crippen molar-refractivity contribution in [3.63, 3.8) is 0 Å². The molecule has 2 fully saturated rings. The molecule has 0 unspecified atom stereocenters. The maximum Gasteiger partial charge on any atom is 0.257 e. The summed E-state index contributed by atoms with van der Waals surface area (Å²) in [6.07, 6.45) is 10.0. The van der Waals surface area contributed by atoms with Gasteiger partial charge in [-0.3, -0.25) is 19.8 Å². The Hall–Kier alpha value is -4.16. The van der Waals surface area contributed by atoms with Crippen LogP contribution in [0, 0.1) is 6.92 Å². The quantitative estimate of drug-likeness (QED) is 0.314. The number of aryl methyl sites for hydroxylation is 1. The number of carbonyl (C=O) groups is 2. The zero-order valence-electron chi connectivity index (χ0n) is 22.4. The predicted octanol–water partition coefficient (Wildman–Crippen LogP) is 3.52. The number of rotatable bonds is 8. The highest BCUT2D eigenvalue weighted by Crippen LogP contribution is 2.34. The van der Waals surface area contributed by atoms with E-state index in [0.29, 0.717) is 52.4 Å². The fourth-order valence-electron chi connectivity index (χ4n) is 5.04. The van der Waals surface area contributed by atoms with Crippen LogP contribution in [0.5, 0.6) is 0 Å². The topological polar surface area (TPSA) is 135 Å². The van der Waals surface area contributed by atoms with Gasteiger partial charge in [-0.05, 0) is 45.4 Å². The molecule has 0 spiro atoms. The summed E-state index contributed by atoms with van der Waals surface area (Å²) in [4.78, 5) is 43.6. The molecule has 11 nitrogen and oxygen atoms in total. The van der Waals surface area contributed by atoms with Crippen molar-refractivity contribution >= 4 is 45.1 Å². The number of carbonyl (C=O) groups excluding carboxylic acids is 2. The van der Waals surface area contributed by atoms with Crippen LogP contribution >= 0.6 is 11.3 Å². The fraction of sp³-hybridized carbons (Fsp3) is 0.357. The van der Waals surface area contributed by atoms with E-state index in [-0.39, 0.29) is 17.9 Å². The van der Waals surface area contributed by atoms with E-state index in [1.807, 2.05) is 34.7 Å². The minimum Gasteiger partial charge on any atom is -0.383 e. The average molecular weight is 558 g/mol. The van der Waals surface area contributed by atoms with Gasteiger partial charge in [-0.25, -0.2) is 19.6 Å². The van der Waals surface area contributed by atoms with Gasteiger partial charge in [0.15, 0.2) is 10.8 Å². The van der Waals surface area contributed by atoms with Gasteiger partial charge in [-0.2, -0.15) is 5.10 Å². The SMILES string of the molecule is Cc1cnc(NC(=O)c2ccc(-c3nn([C@@H]4CCN(C(=O)C=CCN(C)C5CC5)C4)c4ncnc(N)c34)cc2)s1. The van der Waals surface area contributed by atoms with E-state index in [0.717, 1.165) is 23.4 Å². The minimum absolute atomic E-state index is 0.0132. The van der Waals surface area contributed by atoms with Crippen molar-refractivity contribution in [3.05, 3.63) is 59.4 Å². The molecule has 0 radical (unpaired) electrons. The first-order valence-electron chi connectivity index (χ1n) is 13.4. The molecule has 1 atom stereocenters. The van der Waals surface area contributed by atoms with Gasteiger partial charge in [0.2, 0.25) is 5.91 Å². The Labute approximate surface area is 235 Å². The number of fused-ring (bicyclic) bond motifs is 1. The third-order valence-corrected chi connectivity index (χ3v) is 8.25. The molecule has 6 rings (SSSR count). The summed E-state index contributed by atoms with van der Waals surface area (Å²) in [5, 5.41) is 8.96. The Morgan fingerprint density at radius 2 is 1.98 bits per heavy atom. The Morgan fingerprint density at radius 3 is 2.70 bits per heavy atom. The van der Waals surface area contributed by atoms with Crippen molar-refractivity contribution in [3.8, 4) is 11.3 Å². The fourth-order valence-corrected chi connectivity index (χ4v) is 5.70. The molecule has 4 heterocycles. The Bertz CT molecular complexity index is 1590. The van der Waals surface area contributed by atoms with Crippen molar-refractivity contribution in [2.24, 2.45) is 0 Å². The number of nitrogens with one attached hydrogen (secondary N) is 1. The molecule has 206 valence electrons. The minimum atomic E-state index is -0.233. The van der Waals surface area contributed by atoms with Crippen molar-refractivity contribution < 1.29 is 9.59 Å². The largest absolute Gasteiger partial charge is 0.383 e. The first-order chi connectivity index (χ1) is 19.4. The molecule has 40 heavy (non-hydrogen) atoms. The zero-order chi connectivity index (χ0) is 27.8. The molecule has 12 heteroatoms. The summed E-state index contributed by atoms with van der Waals surface area (Å²) in [6, 6.07) is 7.80. The van der Waals surface area contributed by atoms with Crippen LogP contribution in [-0.4, -0.2) is 79.1 Å². The first kappa shape index (κ1) is 26.1. The monoisotopic (exact) mass is 557 g/mol. The van der Waals surface area contributed by atoms with Crippen LogP contribution < -0.4 is 11.1 Å². The van der Waals surface area contributed by atoms with E-state index in [2.05, 4.69) is 32.2 Å². The van der Waals surface area contributed by atoms with Gasteiger partial charge >= 0.3 is 0 Å². The number of nitrogens with two attached hydrogens (primary N) is 1. The van der Waals surface area contributed by atoms with E-state index < -0.39 is 0 Å². The number of likely N-dealkylation sites (N-methyl/N-ethyl adjacent to an activating group) is 1. The molecule has 2 amide bonds. The Kier molecular flexibility index (Phi) is 7.03. The predicted molar refractivity (Wildman–Crippen MR) is 155 cm³/mol. The van der Waals surface area contributed by atoms with E-state index in [1.54, 1.807) is 24.4 Å². The van der Waals surface area contributed by atoms with E-state index in [1.165, 1.54) is 30.5 Å². The summed E-state index contributed by atoms with van der Waals surface area (Å²) in [5.74, 6) is 0.114. The third kappa shape index (κ3) is 5.32. The second-order valence-corrected chi connectivity index (χ2v) is 11.6. The van der Waals surface area contributed by atoms with Gasteiger partial charge in [0.1, 0.15) is 17.8 Å². The molecule has 4 aromatic rings. The maximum absolute atomic E-state index is 12.8. The van der Waals surface area contributed by atoms with E-state index in [4.69, 9.17) is 10.8 Å². The van der Waals surface area contributed by atoms with Gasteiger partial charge < -0.3 is 10.6 Å². The summed E-state index contributed by atoms with van der Waals surface area (Å²) in [5.41, 5.74) is 8.87. The van der Waals surface area contributed by atoms with Gasteiger partial charge in [0.25, 0.3) is 5.91 Å². The lowest BCUT2D eigenvalue weighted by atomic mass is 10.1. The highest BCUT2D eigenvalue weighted by atomic mass is 32.1. The number of likely N-dealkylation sites (tertiary alicyclic amines) is 1. The van der Waals surface area contributed by atoms with Crippen LogP contribution in [0.4, 0.5) is 10.9 Å². The molecule has 1 aliphatic heterocycles. The number of hydrogen-bond donors (Lipinski definition) is 2. The molecule has 1 saturated heterocycles. The first-order valence-corrected chi connectivity index (χ1v) is 14.2. The number of nitrogen functional groups attached to an aromatic ring is 1. The molecule has 1 saturated carbocycles. The van der Waals surface area contributed by atoms with Gasteiger partial charge in [0, 0.05) is 54.0 Å². The van der Waals surface area contributed by atoms with E-state index >= 15 is 0 Å². The number of anilines is 2. The van der Waals surface area contributed by atoms with Gasteiger partial charge in [-0.1, -0.05) is 18.2 Å². The smallest absolute Gasteiger partial charge is 0.257 e. The van der Waals surface area contributed by atoms with Crippen molar-refractivity contribution in [1.82, 2.24) is 34.5 Å². The standard InChI is InChI=1S/C28H31N9O2S/c1-17-14-30-28(40-17)33-27(39)19-7-5-18(6-8-19)24-23-25(29)31-16-32-26(23)37(34-24)21-11-13-36(15-21)22(38)4-3-12-35(2)20-9-10-20/h3-8,14,16,20-21H,9-13,15H2,1-2H3,(H2,29,31,32)(H,30,33,39)/t21-/m1/s1. The molecule has 1 aliphatic carbocycles. The second kappa shape index (κ2) is 10.8. The average Bonchev–Trinajstić information content (AvgIpc) is 3.34. The van der Waals surface area contributed by atoms with Crippen LogP contribution in [0.25, 0.3) is 22.3 Å². The maximum atomic E-state index is 12.8. The summed E-state index contributed by atoms with van der Waals surface area (Å²) in [6.45, 7) is 3.90. The summed E-state index contributed by atoms with van der Waals surface area (Å²) in [7, 11) is 2.10. The number of nitrogens with zero attached hydrogens (tertiary/aromatic N) is 7. The van der Waals surface area contributed by atoms with Crippen LogP contribution in [0.2, 0.25) is 0 Å². The number of hydrogen-bond acceptors (Lipinski definition) is 9.